The second kappa shape index (κ2) is 6.12. The molecule has 1 amide bonds. The summed E-state index contributed by atoms with van der Waals surface area (Å²) < 4.78 is 24.9. The number of primary amides is 1. The van der Waals surface area contributed by atoms with Crippen LogP contribution in [0, 0.1) is 0 Å². The van der Waals surface area contributed by atoms with Gasteiger partial charge in [-0.05, 0) is 48.5 Å². The monoisotopic (exact) mass is 335 g/mol. The second-order valence-electron chi connectivity index (χ2n) is 4.42. The number of carbonyl (C=O) groups is 1. The van der Waals surface area contributed by atoms with E-state index in [1.54, 1.807) is 0 Å². The lowest BCUT2D eigenvalue weighted by Crippen LogP contribution is -2.27. The van der Waals surface area contributed by atoms with Crippen molar-refractivity contribution in [3.05, 3.63) is 48.5 Å². The van der Waals surface area contributed by atoms with Crippen LogP contribution >= 0.6 is 12.2 Å². The topological polar surface area (TPSA) is 115 Å². The van der Waals surface area contributed by atoms with Crippen molar-refractivity contribution in [2.45, 2.75) is 9.79 Å². The van der Waals surface area contributed by atoms with Gasteiger partial charge in [0.15, 0.2) is 4.99 Å². The van der Waals surface area contributed by atoms with Gasteiger partial charge in [-0.25, -0.2) is 8.42 Å². The summed E-state index contributed by atoms with van der Waals surface area (Å²) in [4.78, 5) is 11.0. The van der Waals surface area contributed by atoms with E-state index in [-0.39, 0.29) is 14.8 Å². The number of hydrogen-bond acceptors (Lipinski definition) is 5. The zero-order chi connectivity index (χ0) is 16.3. The van der Waals surface area contributed by atoms with Crippen LogP contribution in [0.1, 0.15) is 0 Å². The van der Waals surface area contributed by atoms with Gasteiger partial charge >= 0.3 is 0 Å². The van der Waals surface area contributed by atoms with Crippen LogP contribution in [0.4, 0.5) is 11.4 Å². The van der Waals surface area contributed by atoms with E-state index in [2.05, 4.69) is 5.32 Å². The van der Waals surface area contributed by atoms with Crippen molar-refractivity contribution in [3.8, 4) is 0 Å². The molecule has 0 unspecified atom stereocenters. The summed E-state index contributed by atoms with van der Waals surface area (Å²) in [5, 5.41) is 2.61. The van der Waals surface area contributed by atoms with Crippen molar-refractivity contribution in [1.82, 2.24) is 0 Å². The third-order valence-electron chi connectivity index (χ3n) is 2.84. The second-order valence-corrected chi connectivity index (χ2v) is 6.77. The standard InChI is InChI=1S/C14H13N3O3S2/c15-9-1-5-11(6-2-9)22(19,20)12-7-3-10(4-8-12)17-14(21)13(16)18/h1-8H,15H2,(H2,16,18)(H,17,21). The van der Waals surface area contributed by atoms with Gasteiger partial charge < -0.3 is 16.8 Å². The van der Waals surface area contributed by atoms with Gasteiger partial charge in [0.25, 0.3) is 5.91 Å². The van der Waals surface area contributed by atoms with E-state index in [9.17, 15) is 13.2 Å². The quantitative estimate of drug-likeness (QED) is 0.576. The van der Waals surface area contributed by atoms with Crippen molar-refractivity contribution in [2.75, 3.05) is 11.1 Å². The largest absolute Gasteiger partial charge is 0.399 e. The van der Waals surface area contributed by atoms with E-state index in [1.165, 1.54) is 48.5 Å². The Morgan fingerprint density at radius 1 is 0.955 bits per heavy atom. The van der Waals surface area contributed by atoms with E-state index in [0.717, 1.165) is 0 Å². The fourth-order valence-electron chi connectivity index (χ4n) is 1.69. The molecule has 0 aliphatic rings. The van der Waals surface area contributed by atoms with Gasteiger partial charge in [-0.2, -0.15) is 0 Å². The Morgan fingerprint density at radius 3 is 1.86 bits per heavy atom. The Morgan fingerprint density at radius 2 is 1.41 bits per heavy atom. The zero-order valence-corrected chi connectivity index (χ0v) is 12.9. The lowest BCUT2D eigenvalue weighted by atomic mass is 10.3. The van der Waals surface area contributed by atoms with E-state index < -0.39 is 15.7 Å². The number of nitrogens with one attached hydrogen (secondary N) is 1. The highest BCUT2D eigenvalue weighted by molar-refractivity contribution is 7.91. The molecule has 0 atom stereocenters. The maximum absolute atomic E-state index is 12.4. The number of rotatable bonds is 3. The average Bonchev–Trinajstić information content (AvgIpc) is 2.48. The molecule has 0 saturated heterocycles. The molecule has 0 fully saturated rings. The molecular weight excluding hydrogens is 322 g/mol. The first-order valence-corrected chi connectivity index (χ1v) is 8.01. The summed E-state index contributed by atoms with van der Waals surface area (Å²) in [5.74, 6) is -0.756. The van der Waals surface area contributed by atoms with Gasteiger partial charge in [0, 0.05) is 11.4 Å². The molecule has 6 nitrogen and oxygen atoms in total. The number of nitrogens with two attached hydrogens (primary N) is 2. The van der Waals surface area contributed by atoms with Gasteiger partial charge in [-0.1, -0.05) is 12.2 Å². The molecule has 2 aromatic rings. The minimum Gasteiger partial charge on any atom is -0.399 e. The van der Waals surface area contributed by atoms with Crippen LogP contribution < -0.4 is 16.8 Å². The molecule has 5 N–H and O–H groups in total. The minimum atomic E-state index is -3.63. The molecule has 0 aliphatic carbocycles. The first-order valence-electron chi connectivity index (χ1n) is 6.12. The molecule has 0 aromatic heterocycles. The highest BCUT2D eigenvalue weighted by atomic mass is 32.2. The molecule has 8 heteroatoms. The van der Waals surface area contributed by atoms with E-state index in [1.807, 2.05) is 0 Å². The Labute approximate surface area is 133 Å². The summed E-state index contributed by atoms with van der Waals surface area (Å²) in [7, 11) is -3.63. The first-order chi connectivity index (χ1) is 10.3. The molecule has 0 bridgehead atoms. The molecule has 114 valence electrons. The van der Waals surface area contributed by atoms with Gasteiger partial charge in [0.05, 0.1) is 9.79 Å². The van der Waals surface area contributed by atoms with Crippen LogP contribution in [-0.2, 0) is 14.6 Å². The van der Waals surface area contributed by atoms with Gasteiger partial charge in [0.2, 0.25) is 9.84 Å². The first kappa shape index (κ1) is 15.9. The number of thiocarbonyl (C=S) groups is 1. The SMILES string of the molecule is NC(=O)C(=S)Nc1ccc(S(=O)(=O)c2ccc(N)cc2)cc1. The summed E-state index contributed by atoms with van der Waals surface area (Å²) in [6.07, 6.45) is 0. The molecule has 0 heterocycles. The fourth-order valence-corrected chi connectivity index (χ4v) is 3.07. The fraction of sp³-hybridized carbons (Fsp3) is 0. The summed E-state index contributed by atoms with van der Waals surface area (Å²) >= 11 is 4.74. The molecule has 22 heavy (non-hydrogen) atoms. The molecule has 2 rings (SSSR count). The van der Waals surface area contributed by atoms with E-state index in [0.29, 0.717) is 11.4 Å². The van der Waals surface area contributed by atoms with Crippen molar-refractivity contribution >= 4 is 44.3 Å². The van der Waals surface area contributed by atoms with Crippen molar-refractivity contribution < 1.29 is 13.2 Å². The Hall–Kier alpha value is -2.45. The lowest BCUT2D eigenvalue weighted by Gasteiger charge is -2.08. The summed E-state index contributed by atoms with van der Waals surface area (Å²) in [5.41, 5.74) is 11.5. The Bertz CT molecular complexity index is 813. The Balaban J connectivity index is 2.28. The number of anilines is 2. The molecule has 2 aromatic carbocycles. The van der Waals surface area contributed by atoms with Crippen molar-refractivity contribution in [2.24, 2.45) is 5.73 Å². The van der Waals surface area contributed by atoms with Gasteiger partial charge in [-0.3, -0.25) is 4.79 Å². The highest BCUT2D eigenvalue weighted by Gasteiger charge is 2.17. The van der Waals surface area contributed by atoms with Crippen LogP contribution in [0.25, 0.3) is 0 Å². The predicted molar refractivity (Wildman–Crippen MR) is 88.2 cm³/mol. The highest BCUT2D eigenvalue weighted by Crippen LogP contribution is 2.23. The molecule has 0 radical (unpaired) electrons. The maximum atomic E-state index is 12.4. The molecule has 0 spiro atoms. The van der Waals surface area contributed by atoms with Crippen LogP contribution in [-0.4, -0.2) is 19.3 Å². The zero-order valence-electron chi connectivity index (χ0n) is 11.3. The lowest BCUT2D eigenvalue weighted by molar-refractivity contribution is -0.111. The van der Waals surface area contributed by atoms with Crippen molar-refractivity contribution in [1.29, 1.82) is 0 Å². The number of carbonyl (C=O) groups excluding carboxylic acids is 1. The molecule has 0 saturated carbocycles. The summed E-state index contributed by atoms with van der Waals surface area (Å²) in [6, 6.07) is 11.8. The molecular formula is C14H13N3O3S2. The number of sulfone groups is 1. The number of hydrogen-bond donors (Lipinski definition) is 3. The van der Waals surface area contributed by atoms with Crippen LogP contribution in [0.5, 0.6) is 0 Å². The van der Waals surface area contributed by atoms with Crippen LogP contribution in [0.15, 0.2) is 58.3 Å². The van der Waals surface area contributed by atoms with Gasteiger partial charge in [0.1, 0.15) is 0 Å². The third-order valence-corrected chi connectivity index (χ3v) is 4.93. The normalized spacial score (nSPS) is 10.9. The van der Waals surface area contributed by atoms with E-state index in [4.69, 9.17) is 23.7 Å². The van der Waals surface area contributed by atoms with Gasteiger partial charge in [-0.15, -0.1) is 0 Å². The van der Waals surface area contributed by atoms with Crippen LogP contribution in [0.3, 0.4) is 0 Å². The van der Waals surface area contributed by atoms with Crippen LogP contribution in [0.2, 0.25) is 0 Å². The smallest absolute Gasteiger partial charge is 0.276 e. The number of benzene rings is 2. The maximum Gasteiger partial charge on any atom is 0.276 e. The Kier molecular flexibility index (Phi) is 4.43. The molecule has 0 aliphatic heterocycles. The summed E-state index contributed by atoms with van der Waals surface area (Å²) in [6.45, 7) is 0. The number of amides is 1. The minimum absolute atomic E-state index is 0.118. The predicted octanol–water partition coefficient (Wildman–Crippen LogP) is 1.33. The average molecular weight is 335 g/mol. The van der Waals surface area contributed by atoms with Crippen molar-refractivity contribution in [3.63, 3.8) is 0 Å². The van der Waals surface area contributed by atoms with E-state index >= 15 is 0 Å². The number of nitrogen functional groups attached to an aromatic ring is 1. The third kappa shape index (κ3) is 3.41.